The minimum atomic E-state index is -0.199. The second kappa shape index (κ2) is 4.25. The predicted molar refractivity (Wildman–Crippen MR) is 87.9 cm³/mol. The number of carbonyl (C=O) groups is 1. The SMILES string of the molecule is COc1ccc(C2(NC(=O)C3=C4C=C5CC5=C4C=C3)CC2)cc1. The highest BCUT2D eigenvalue weighted by Crippen LogP contribution is 2.52. The lowest BCUT2D eigenvalue weighted by Crippen LogP contribution is -2.35. The van der Waals surface area contributed by atoms with Crippen LogP contribution in [-0.2, 0) is 10.3 Å². The number of fused-ring (bicyclic) bond motifs is 2. The van der Waals surface area contributed by atoms with E-state index in [1.807, 2.05) is 18.2 Å². The van der Waals surface area contributed by atoms with Crippen molar-refractivity contribution in [1.82, 2.24) is 5.32 Å². The molecule has 1 amide bonds. The van der Waals surface area contributed by atoms with Gasteiger partial charge in [-0.05, 0) is 71.4 Å². The van der Waals surface area contributed by atoms with Crippen LogP contribution in [0.2, 0.25) is 0 Å². The molecule has 5 rings (SSSR count). The highest BCUT2D eigenvalue weighted by molar-refractivity contribution is 6.02. The summed E-state index contributed by atoms with van der Waals surface area (Å²) in [5.74, 6) is 0.880. The Balaban J connectivity index is 1.40. The summed E-state index contributed by atoms with van der Waals surface area (Å²) in [7, 11) is 1.66. The van der Waals surface area contributed by atoms with E-state index in [9.17, 15) is 4.79 Å². The molecule has 2 fully saturated rings. The standard InChI is InChI=1S/C20H17NO2/c1-23-14-4-2-13(3-5-14)20(8-9-20)21-19(22)16-7-6-15-17-10-12(17)11-18(15)16/h2-7,11H,8-10H2,1H3,(H,21,22). The molecular weight excluding hydrogens is 286 g/mol. The van der Waals surface area contributed by atoms with Crippen LogP contribution in [0.5, 0.6) is 5.75 Å². The molecule has 3 heteroatoms. The molecule has 0 heterocycles. The molecule has 0 atom stereocenters. The van der Waals surface area contributed by atoms with E-state index in [0.29, 0.717) is 0 Å². The molecule has 1 aromatic rings. The van der Waals surface area contributed by atoms with Crippen molar-refractivity contribution in [2.24, 2.45) is 0 Å². The van der Waals surface area contributed by atoms with E-state index in [1.165, 1.54) is 16.7 Å². The molecule has 23 heavy (non-hydrogen) atoms. The van der Waals surface area contributed by atoms with Gasteiger partial charge in [-0.2, -0.15) is 0 Å². The molecular formula is C20H17NO2. The molecule has 0 aromatic heterocycles. The fourth-order valence-electron chi connectivity index (χ4n) is 3.64. The second-order valence-corrected chi connectivity index (χ2v) is 6.66. The van der Waals surface area contributed by atoms with Gasteiger partial charge in [-0.25, -0.2) is 0 Å². The van der Waals surface area contributed by atoms with Crippen molar-refractivity contribution >= 4 is 5.91 Å². The number of hydrogen-bond acceptors (Lipinski definition) is 2. The smallest absolute Gasteiger partial charge is 0.252 e. The van der Waals surface area contributed by atoms with Gasteiger partial charge in [0.25, 0.3) is 5.91 Å². The Bertz CT molecular complexity index is 861. The predicted octanol–water partition coefficient (Wildman–Crippen LogP) is 3.31. The molecule has 1 N–H and O–H groups in total. The highest BCUT2D eigenvalue weighted by atomic mass is 16.5. The van der Waals surface area contributed by atoms with Crippen LogP contribution in [0.3, 0.4) is 0 Å². The third-order valence-corrected chi connectivity index (χ3v) is 5.26. The van der Waals surface area contributed by atoms with Gasteiger partial charge in [0.15, 0.2) is 0 Å². The van der Waals surface area contributed by atoms with Crippen LogP contribution in [-0.4, -0.2) is 13.0 Å². The van der Waals surface area contributed by atoms with Crippen molar-refractivity contribution in [3.8, 4) is 5.75 Å². The molecule has 2 saturated carbocycles. The maximum absolute atomic E-state index is 12.8. The molecule has 3 nitrogen and oxygen atoms in total. The Hall–Kier alpha value is -2.55. The van der Waals surface area contributed by atoms with E-state index in [1.54, 1.807) is 7.11 Å². The fourth-order valence-corrected chi connectivity index (χ4v) is 3.64. The van der Waals surface area contributed by atoms with Crippen LogP contribution < -0.4 is 10.1 Å². The van der Waals surface area contributed by atoms with Crippen LogP contribution >= 0.6 is 0 Å². The van der Waals surface area contributed by atoms with Gasteiger partial charge in [-0.1, -0.05) is 18.2 Å². The normalized spacial score (nSPS) is 21.9. The zero-order valence-electron chi connectivity index (χ0n) is 13.0. The number of hydrogen-bond donors (Lipinski definition) is 1. The summed E-state index contributed by atoms with van der Waals surface area (Å²) in [5, 5.41) is 3.26. The molecule has 0 unspecified atom stereocenters. The van der Waals surface area contributed by atoms with Gasteiger partial charge in [0.1, 0.15) is 5.75 Å². The van der Waals surface area contributed by atoms with Gasteiger partial charge in [-0.15, -0.1) is 0 Å². The molecule has 0 aliphatic heterocycles. The third kappa shape index (κ3) is 1.86. The monoisotopic (exact) mass is 303 g/mol. The summed E-state index contributed by atoms with van der Waals surface area (Å²) < 4.78 is 5.21. The summed E-state index contributed by atoms with van der Waals surface area (Å²) in [6.07, 6.45) is 9.31. The maximum atomic E-state index is 12.8. The Morgan fingerprint density at radius 3 is 2.61 bits per heavy atom. The third-order valence-electron chi connectivity index (χ3n) is 5.26. The van der Waals surface area contributed by atoms with E-state index in [-0.39, 0.29) is 11.4 Å². The van der Waals surface area contributed by atoms with Gasteiger partial charge < -0.3 is 10.1 Å². The Labute approximate surface area is 135 Å². The van der Waals surface area contributed by atoms with E-state index in [4.69, 9.17) is 4.74 Å². The number of amides is 1. The number of nitrogens with one attached hydrogen (secondary N) is 1. The van der Waals surface area contributed by atoms with E-state index in [0.717, 1.165) is 41.7 Å². The zero-order chi connectivity index (χ0) is 15.6. The van der Waals surface area contributed by atoms with Crippen molar-refractivity contribution in [2.75, 3.05) is 7.11 Å². The summed E-state index contributed by atoms with van der Waals surface area (Å²) in [5.41, 5.74) is 6.98. The molecule has 114 valence electrons. The number of rotatable bonds is 4. The first-order chi connectivity index (χ1) is 11.2. The van der Waals surface area contributed by atoms with Crippen LogP contribution in [0, 0.1) is 0 Å². The van der Waals surface area contributed by atoms with Gasteiger partial charge in [-0.3, -0.25) is 4.79 Å². The zero-order valence-corrected chi connectivity index (χ0v) is 13.0. The minimum Gasteiger partial charge on any atom is -0.497 e. The molecule has 0 radical (unpaired) electrons. The van der Waals surface area contributed by atoms with Crippen LogP contribution in [0.25, 0.3) is 0 Å². The number of methoxy groups -OCH3 is 1. The average molecular weight is 303 g/mol. The number of allylic oxidation sites excluding steroid dienone is 6. The first-order valence-electron chi connectivity index (χ1n) is 8.04. The van der Waals surface area contributed by atoms with Gasteiger partial charge in [0.05, 0.1) is 12.6 Å². The number of carbonyl (C=O) groups excluding carboxylic acids is 1. The van der Waals surface area contributed by atoms with E-state index >= 15 is 0 Å². The maximum Gasteiger partial charge on any atom is 0.252 e. The van der Waals surface area contributed by atoms with Crippen molar-refractivity contribution in [3.63, 3.8) is 0 Å². The lowest BCUT2D eigenvalue weighted by Gasteiger charge is -2.19. The topological polar surface area (TPSA) is 38.3 Å². The van der Waals surface area contributed by atoms with Crippen molar-refractivity contribution in [2.45, 2.75) is 24.8 Å². The van der Waals surface area contributed by atoms with Crippen molar-refractivity contribution in [1.29, 1.82) is 0 Å². The lowest BCUT2D eigenvalue weighted by atomic mass is 10.0. The highest BCUT2D eigenvalue weighted by Gasteiger charge is 2.46. The fraction of sp³-hybridized carbons (Fsp3) is 0.250. The second-order valence-electron chi connectivity index (χ2n) is 6.66. The molecule has 1 aromatic carbocycles. The Morgan fingerprint density at radius 1 is 1.13 bits per heavy atom. The van der Waals surface area contributed by atoms with Crippen molar-refractivity contribution in [3.05, 3.63) is 75.9 Å². The number of ether oxygens (including phenoxy) is 1. The van der Waals surface area contributed by atoms with Crippen LogP contribution in [0.15, 0.2) is 70.4 Å². The van der Waals surface area contributed by atoms with E-state index in [2.05, 4.69) is 29.6 Å². The first-order valence-corrected chi connectivity index (χ1v) is 8.04. The van der Waals surface area contributed by atoms with Crippen LogP contribution in [0.1, 0.15) is 24.8 Å². The lowest BCUT2D eigenvalue weighted by molar-refractivity contribution is -0.118. The quantitative estimate of drug-likeness (QED) is 0.927. The first kappa shape index (κ1) is 12.9. The van der Waals surface area contributed by atoms with Gasteiger partial charge in [0, 0.05) is 5.57 Å². The number of benzene rings is 1. The molecule has 4 aliphatic carbocycles. The Kier molecular flexibility index (Phi) is 2.39. The summed E-state index contributed by atoms with van der Waals surface area (Å²) in [6.45, 7) is 0. The Morgan fingerprint density at radius 2 is 1.91 bits per heavy atom. The average Bonchev–Trinajstić information content (AvgIpc) is 3.44. The van der Waals surface area contributed by atoms with E-state index < -0.39 is 0 Å². The molecule has 0 bridgehead atoms. The molecule has 0 saturated heterocycles. The largest absolute Gasteiger partial charge is 0.497 e. The summed E-state index contributed by atoms with van der Waals surface area (Å²) in [4.78, 5) is 12.8. The summed E-state index contributed by atoms with van der Waals surface area (Å²) >= 11 is 0. The van der Waals surface area contributed by atoms with Crippen LogP contribution in [0.4, 0.5) is 0 Å². The van der Waals surface area contributed by atoms with Gasteiger partial charge in [0.2, 0.25) is 0 Å². The molecule has 0 spiro atoms. The van der Waals surface area contributed by atoms with Crippen molar-refractivity contribution < 1.29 is 9.53 Å². The minimum absolute atomic E-state index is 0.0401. The molecule has 4 aliphatic rings. The summed E-state index contributed by atoms with van der Waals surface area (Å²) in [6, 6.07) is 8.01. The van der Waals surface area contributed by atoms with Gasteiger partial charge >= 0.3 is 0 Å².